The number of carbonyl (C=O) groups is 1. The number of benzene rings is 1. The highest BCUT2D eigenvalue weighted by atomic mass is 32.1. The highest BCUT2D eigenvalue weighted by Crippen LogP contribution is 2.36. The van der Waals surface area contributed by atoms with Gasteiger partial charge in [0.2, 0.25) is 0 Å². The number of hydrogen-bond acceptors (Lipinski definition) is 6. The van der Waals surface area contributed by atoms with Crippen LogP contribution in [0.4, 0.5) is 11.4 Å². The topological polar surface area (TPSA) is 57.7 Å². The van der Waals surface area contributed by atoms with Gasteiger partial charge in [-0.2, -0.15) is 0 Å². The van der Waals surface area contributed by atoms with Crippen molar-refractivity contribution in [2.45, 2.75) is 19.4 Å². The standard InChI is InChI=1S/C29H30N4O2S/c34-29(28-2-1-17-36-28)33-11-9-22(10-12-33)25-7-8-27-26(25)18-24(19-30-27)31-23-5-3-21(4-6-23)20-32-13-15-35-16-14-32/h1-7,9,17-19,31H,8,10-16,20H2. The molecule has 4 heterocycles. The van der Waals surface area contributed by atoms with Gasteiger partial charge < -0.3 is 15.0 Å². The number of rotatable bonds is 6. The van der Waals surface area contributed by atoms with E-state index in [4.69, 9.17) is 9.72 Å². The number of nitrogens with zero attached hydrogens (tertiary/aromatic N) is 3. The molecule has 3 aliphatic rings. The zero-order chi connectivity index (χ0) is 24.3. The lowest BCUT2D eigenvalue weighted by Gasteiger charge is -2.27. The zero-order valence-corrected chi connectivity index (χ0v) is 21.1. The second-order valence-electron chi connectivity index (χ2n) is 9.46. The van der Waals surface area contributed by atoms with Gasteiger partial charge in [-0.15, -0.1) is 11.3 Å². The third kappa shape index (κ3) is 5.00. The summed E-state index contributed by atoms with van der Waals surface area (Å²) in [6.45, 7) is 6.00. The first kappa shape index (κ1) is 23.2. The summed E-state index contributed by atoms with van der Waals surface area (Å²) in [4.78, 5) is 22.6. The van der Waals surface area contributed by atoms with Gasteiger partial charge in [0.1, 0.15) is 0 Å². The van der Waals surface area contributed by atoms with E-state index in [1.165, 1.54) is 33.6 Å². The molecule has 36 heavy (non-hydrogen) atoms. The Morgan fingerprint density at radius 3 is 2.67 bits per heavy atom. The first-order valence-corrected chi connectivity index (χ1v) is 13.5. The minimum atomic E-state index is 0.130. The Hall–Kier alpha value is -3.26. The van der Waals surface area contributed by atoms with Crippen molar-refractivity contribution >= 4 is 34.2 Å². The molecular formula is C29H30N4O2S. The average molecular weight is 499 g/mol. The number of anilines is 2. The molecule has 6 nitrogen and oxygen atoms in total. The van der Waals surface area contributed by atoms with E-state index in [2.05, 4.69) is 52.7 Å². The van der Waals surface area contributed by atoms with Crippen LogP contribution in [0.5, 0.6) is 0 Å². The second-order valence-corrected chi connectivity index (χ2v) is 10.4. The molecule has 6 rings (SSSR count). The van der Waals surface area contributed by atoms with E-state index in [1.807, 2.05) is 28.6 Å². The Labute approximate surface area is 215 Å². The minimum absolute atomic E-state index is 0.130. The number of amides is 1. The highest BCUT2D eigenvalue weighted by molar-refractivity contribution is 7.12. The highest BCUT2D eigenvalue weighted by Gasteiger charge is 2.24. The maximum atomic E-state index is 12.7. The van der Waals surface area contributed by atoms with E-state index in [0.29, 0.717) is 6.54 Å². The summed E-state index contributed by atoms with van der Waals surface area (Å²) >= 11 is 1.51. The van der Waals surface area contributed by atoms with Crippen LogP contribution in [0.15, 0.2) is 71.8 Å². The van der Waals surface area contributed by atoms with Crippen molar-refractivity contribution in [3.63, 3.8) is 0 Å². The minimum Gasteiger partial charge on any atom is -0.379 e. The molecule has 1 amide bonds. The Morgan fingerprint density at radius 1 is 1.06 bits per heavy atom. The lowest BCUT2D eigenvalue weighted by Crippen LogP contribution is -2.35. The normalized spacial score (nSPS) is 17.9. The smallest absolute Gasteiger partial charge is 0.264 e. The van der Waals surface area contributed by atoms with Gasteiger partial charge in [-0.1, -0.05) is 30.4 Å². The monoisotopic (exact) mass is 498 g/mol. The van der Waals surface area contributed by atoms with Gasteiger partial charge in [0.15, 0.2) is 0 Å². The molecule has 2 aliphatic heterocycles. The fourth-order valence-corrected chi connectivity index (χ4v) is 5.79. The van der Waals surface area contributed by atoms with Crippen LogP contribution in [0.25, 0.3) is 5.57 Å². The number of ether oxygens (including phenoxy) is 1. The molecule has 7 heteroatoms. The van der Waals surface area contributed by atoms with Gasteiger partial charge in [0.05, 0.1) is 35.7 Å². The Balaban J connectivity index is 1.11. The SMILES string of the molecule is O=C(c1cccs1)N1CC=C(C2=CCc3ncc(Nc4ccc(CN5CCOCC5)cc4)cc32)CC1. The van der Waals surface area contributed by atoms with Crippen LogP contribution in [0, 0.1) is 0 Å². The maximum absolute atomic E-state index is 12.7. The molecule has 2 aromatic heterocycles. The Morgan fingerprint density at radius 2 is 1.92 bits per heavy atom. The van der Waals surface area contributed by atoms with Gasteiger partial charge in [-0.3, -0.25) is 14.7 Å². The molecule has 184 valence electrons. The van der Waals surface area contributed by atoms with Crippen molar-refractivity contribution in [1.29, 1.82) is 0 Å². The van der Waals surface area contributed by atoms with Crippen molar-refractivity contribution in [1.82, 2.24) is 14.8 Å². The van der Waals surface area contributed by atoms with Gasteiger partial charge in [0.25, 0.3) is 5.91 Å². The number of carbonyl (C=O) groups excluding carboxylic acids is 1. The third-order valence-electron chi connectivity index (χ3n) is 7.09. The summed E-state index contributed by atoms with van der Waals surface area (Å²) in [5, 5.41) is 5.49. The van der Waals surface area contributed by atoms with E-state index in [0.717, 1.165) is 74.2 Å². The average Bonchev–Trinajstić information content (AvgIpc) is 3.61. The number of fused-ring (bicyclic) bond motifs is 1. The molecule has 1 aromatic carbocycles. The second kappa shape index (κ2) is 10.4. The number of hydrogen-bond donors (Lipinski definition) is 1. The van der Waals surface area contributed by atoms with Crippen LogP contribution in [-0.2, 0) is 17.7 Å². The summed E-state index contributed by atoms with van der Waals surface area (Å²) < 4.78 is 5.45. The van der Waals surface area contributed by atoms with Crippen molar-refractivity contribution in [3.8, 4) is 0 Å². The van der Waals surface area contributed by atoms with Gasteiger partial charge >= 0.3 is 0 Å². The van der Waals surface area contributed by atoms with E-state index >= 15 is 0 Å². The fourth-order valence-electron chi connectivity index (χ4n) is 5.10. The van der Waals surface area contributed by atoms with Crippen molar-refractivity contribution in [2.24, 2.45) is 0 Å². The van der Waals surface area contributed by atoms with E-state index in [9.17, 15) is 4.79 Å². The van der Waals surface area contributed by atoms with Crippen LogP contribution >= 0.6 is 11.3 Å². The Kier molecular flexibility index (Phi) is 6.68. The third-order valence-corrected chi connectivity index (χ3v) is 7.94. The molecule has 0 bridgehead atoms. The molecular weight excluding hydrogens is 468 g/mol. The largest absolute Gasteiger partial charge is 0.379 e. The van der Waals surface area contributed by atoms with E-state index in [-0.39, 0.29) is 5.91 Å². The van der Waals surface area contributed by atoms with Crippen LogP contribution in [-0.4, -0.2) is 60.1 Å². The van der Waals surface area contributed by atoms with Crippen LogP contribution < -0.4 is 5.32 Å². The van der Waals surface area contributed by atoms with Crippen molar-refractivity contribution in [3.05, 3.63) is 93.5 Å². The lowest BCUT2D eigenvalue weighted by atomic mass is 9.95. The van der Waals surface area contributed by atoms with Crippen molar-refractivity contribution in [2.75, 3.05) is 44.7 Å². The van der Waals surface area contributed by atoms with Gasteiger partial charge in [-0.05, 0) is 52.8 Å². The maximum Gasteiger partial charge on any atom is 0.264 e. The first-order valence-electron chi connectivity index (χ1n) is 12.6. The predicted molar refractivity (Wildman–Crippen MR) is 145 cm³/mol. The number of morpholine rings is 1. The molecule has 1 N–H and O–H groups in total. The van der Waals surface area contributed by atoms with Gasteiger partial charge in [-0.25, -0.2) is 0 Å². The predicted octanol–water partition coefficient (Wildman–Crippen LogP) is 5.13. The number of allylic oxidation sites excluding steroid dienone is 2. The zero-order valence-electron chi connectivity index (χ0n) is 20.3. The molecule has 0 unspecified atom stereocenters. The van der Waals surface area contributed by atoms with E-state index < -0.39 is 0 Å². The number of aromatic nitrogens is 1. The molecule has 1 fully saturated rings. The first-order chi connectivity index (χ1) is 17.7. The summed E-state index contributed by atoms with van der Waals surface area (Å²) in [7, 11) is 0. The number of thiophene rings is 1. The summed E-state index contributed by atoms with van der Waals surface area (Å²) in [6, 6.07) is 14.7. The quantitative estimate of drug-likeness (QED) is 0.511. The Bertz CT molecular complexity index is 1290. The molecule has 0 spiro atoms. The molecule has 0 atom stereocenters. The molecule has 1 saturated heterocycles. The summed E-state index contributed by atoms with van der Waals surface area (Å²) in [5.41, 5.74) is 8.28. The van der Waals surface area contributed by atoms with Crippen LogP contribution in [0.3, 0.4) is 0 Å². The molecule has 1 aliphatic carbocycles. The van der Waals surface area contributed by atoms with Crippen LogP contribution in [0.2, 0.25) is 0 Å². The summed E-state index contributed by atoms with van der Waals surface area (Å²) in [5.74, 6) is 0.130. The molecule has 0 saturated carbocycles. The fraction of sp³-hybridized carbons (Fsp3) is 0.310. The number of pyridine rings is 1. The molecule has 0 radical (unpaired) electrons. The summed E-state index contributed by atoms with van der Waals surface area (Å²) in [6.07, 6.45) is 8.14. The van der Waals surface area contributed by atoms with Crippen molar-refractivity contribution < 1.29 is 9.53 Å². The van der Waals surface area contributed by atoms with Crippen LogP contribution in [0.1, 0.15) is 32.9 Å². The number of nitrogens with one attached hydrogen (secondary N) is 1. The molecule has 3 aromatic rings. The van der Waals surface area contributed by atoms with Gasteiger partial charge in [0, 0.05) is 50.4 Å². The lowest BCUT2D eigenvalue weighted by molar-refractivity contribution is 0.0342. The van der Waals surface area contributed by atoms with E-state index in [1.54, 1.807) is 0 Å².